The third-order valence-electron chi connectivity index (χ3n) is 4.93. The molecule has 7 heteroatoms. The van der Waals surface area contributed by atoms with Crippen molar-refractivity contribution in [2.45, 2.75) is 31.4 Å². The van der Waals surface area contributed by atoms with Crippen LogP contribution in [0.3, 0.4) is 0 Å². The van der Waals surface area contributed by atoms with Gasteiger partial charge in [-0.25, -0.2) is 13.4 Å². The van der Waals surface area contributed by atoms with E-state index in [1.807, 2.05) is 30.3 Å². The fraction of sp³-hybridized carbons (Fsp3) is 0.273. The molecule has 150 valence electrons. The van der Waals surface area contributed by atoms with Crippen molar-refractivity contribution < 1.29 is 13.2 Å². The molecule has 0 spiro atoms. The van der Waals surface area contributed by atoms with Crippen LogP contribution in [0.1, 0.15) is 28.8 Å². The summed E-state index contributed by atoms with van der Waals surface area (Å²) in [7, 11) is -3.23. The molecule has 29 heavy (non-hydrogen) atoms. The van der Waals surface area contributed by atoms with Crippen molar-refractivity contribution in [2.24, 2.45) is 0 Å². The summed E-state index contributed by atoms with van der Waals surface area (Å²) in [5.74, 6) is -0.190. The first-order valence-electron chi connectivity index (χ1n) is 9.62. The van der Waals surface area contributed by atoms with Gasteiger partial charge in [-0.1, -0.05) is 54.6 Å². The summed E-state index contributed by atoms with van der Waals surface area (Å²) >= 11 is 1.51. The van der Waals surface area contributed by atoms with Gasteiger partial charge in [0, 0.05) is 16.9 Å². The number of nitrogens with zero attached hydrogens (tertiary/aromatic N) is 1. The van der Waals surface area contributed by atoms with E-state index in [1.54, 1.807) is 12.1 Å². The van der Waals surface area contributed by atoms with Gasteiger partial charge in [0.15, 0.2) is 15.0 Å². The zero-order chi connectivity index (χ0) is 20.3. The minimum absolute atomic E-state index is 0.00292. The first-order valence-corrected chi connectivity index (χ1v) is 12.3. The molecule has 5 nitrogen and oxygen atoms in total. The lowest BCUT2D eigenvalue weighted by molar-refractivity contribution is -0.116. The van der Waals surface area contributed by atoms with Crippen LogP contribution in [0, 0.1) is 0 Å². The Morgan fingerprint density at radius 2 is 1.79 bits per heavy atom. The standard InChI is InChI=1S/C22H22N2O3S2/c25-20(11-6-14-29(26,27)15-16-7-2-1-3-8-16)23-22-24-21-18-10-5-4-9-17(18)12-13-19(21)28-22/h1-5,7-10H,6,11-15H2,(H,23,24,25). The largest absolute Gasteiger partial charge is 0.302 e. The molecule has 1 aliphatic rings. The quantitative estimate of drug-likeness (QED) is 0.613. The molecule has 0 saturated carbocycles. The molecule has 1 aromatic heterocycles. The smallest absolute Gasteiger partial charge is 0.226 e. The van der Waals surface area contributed by atoms with Gasteiger partial charge in [0.25, 0.3) is 0 Å². The molecule has 0 radical (unpaired) electrons. The van der Waals surface area contributed by atoms with E-state index in [-0.39, 0.29) is 23.8 Å². The molecule has 2 aromatic carbocycles. The number of sulfone groups is 1. The molecule has 1 amide bonds. The van der Waals surface area contributed by atoms with Crippen molar-refractivity contribution in [1.82, 2.24) is 4.98 Å². The first-order chi connectivity index (χ1) is 14.0. The Morgan fingerprint density at radius 3 is 2.62 bits per heavy atom. The summed E-state index contributed by atoms with van der Waals surface area (Å²) in [6.07, 6.45) is 2.37. The van der Waals surface area contributed by atoms with E-state index < -0.39 is 9.84 Å². The monoisotopic (exact) mass is 426 g/mol. The van der Waals surface area contributed by atoms with Gasteiger partial charge >= 0.3 is 0 Å². The minimum Gasteiger partial charge on any atom is -0.302 e. The summed E-state index contributed by atoms with van der Waals surface area (Å²) in [6.45, 7) is 0. The van der Waals surface area contributed by atoms with E-state index in [0.717, 1.165) is 29.7 Å². The zero-order valence-electron chi connectivity index (χ0n) is 15.9. The number of carbonyl (C=O) groups excluding carboxylic acids is 1. The fourth-order valence-electron chi connectivity index (χ4n) is 3.54. The highest BCUT2D eigenvalue weighted by Crippen LogP contribution is 2.37. The average Bonchev–Trinajstić information content (AvgIpc) is 3.11. The molecular formula is C22H22N2O3S2. The van der Waals surface area contributed by atoms with Gasteiger partial charge in [-0.05, 0) is 30.4 Å². The van der Waals surface area contributed by atoms with Gasteiger partial charge in [-0.2, -0.15) is 0 Å². The number of anilines is 1. The van der Waals surface area contributed by atoms with Gasteiger partial charge < -0.3 is 5.32 Å². The molecule has 3 aromatic rings. The van der Waals surface area contributed by atoms with Crippen molar-refractivity contribution >= 4 is 32.2 Å². The van der Waals surface area contributed by atoms with E-state index >= 15 is 0 Å². The van der Waals surface area contributed by atoms with E-state index in [2.05, 4.69) is 22.4 Å². The van der Waals surface area contributed by atoms with Gasteiger partial charge in [0.1, 0.15) is 0 Å². The summed E-state index contributed by atoms with van der Waals surface area (Å²) < 4.78 is 24.5. The van der Waals surface area contributed by atoms with Crippen LogP contribution < -0.4 is 5.32 Å². The van der Waals surface area contributed by atoms with Crippen molar-refractivity contribution in [2.75, 3.05) is 11.1 Å². The number of amides is 1. The number of carbonyl (C=O) groups is 1. The Balaban J connectivity index is 1.31. The Hall–Kier alpha value is -2.51. The number of thiazole rings is 1. The lowest BCUT2D eigenvalue weighted by atomic mass is 9.94. The van der Waals surface area contributed by atoms with E-state index in [1.165, 1.54) is 21.8 Å². The Morgan fingerprint density at radius 1 is 1.03 bits per heavy atom. The van der Waals surface area contributed by atoms with Gasteiger partial charge in [-0.3, -0.25) is 4.79 Å². The van der Waals surface area contributed by atoms with Crippen molar-refractivity contribution in [1.29, 1.82) is 0 Å². The van der Waals surface area contributed by atoms with E-state index in [4.69, 9.17) is 0 Å². The van der Waals surface area contributed by atoms with Crippen LogP contribution >= 0.6 is 11.3 Å². The lowest BCUT2D eigenvalue weighted by Gasteiger charge is -2.13. The fourth-order valence-corrected chi connectivity index (χ4v) is 5.96. The maximum atomic E-state index is 12.3. The highest BCUT2D eigenvalue weighted by atomic mass is 32.2. The Labute approximate surface area is 174 Å². The third-order valence-corrected chi connectivity index (χ3v) is 7.64. The highest BCUT2D eigenvalue weighted by Gasteiger charge is 2.21. The van der Waals surface area contributed by atoms with Crippen LogP contribution in [0.5, 0.6) is 0 Å². The molecule has 0 unspecified atom stereocenters. The summed E-state index contributed by atoms with van der Waals surface area (Å²) in [5, 5.41) is 3.43. The molecule has 0 aliphatic heterocycles. The normalized spacial score (nSPS) is 12.8. The number of benzene rings is 2. The maximum Gasteiger partial charge on any atom is 0.226 e. The van der Waals surface area contributed by atoms with Crippen LogP contribution in [0.25, 0.3) is 11.3 Å². The Bertz CT molecular complexity index is 1120. The topological polar surface area (TPSA) is 76.1 Å². The molecule has 0 saturated heterocycles. The van der Waals surface area contributed by atoms with Crippen molar-refractivity contribution in [3.8, 4) is 11.3 Å². The van der Waals surface area contributed by atoms with Crippen molar-refractivity contribution in [3.63, 3.8) is 0 Å². The first kappa shape index (κ1) is 19.8. The molecule has 1 aliphatic carbocycles. The number of hydrogen-bond acceptors (Lipinski definition) is 5. The molecule has 1 heterocycles. The number of aryl methyl sites for hydroxylation is 2. The van der Waals surface area contributed by atoms with E-state index in [9.17, 15) is 13.2 Å². The van der Waals surface area contributed by atoms with Crippen LogP contribution in [0.2, 0.25) is 0 Å². The molecular weight excluding hydrogens is 404 g/mol. The van der Waals surface area contributed by atoms with Gasteiger partial charge in [-0.15, -0.1) is 11.3 Å². The van der Waals surface area contributed by atoms with Gasteiger partial charge in [0.2, 0.25) is 5.91 Å². The van der Waals surface area contributed by atoms with Crippen molar-refractivity contribution in [3.05, 3.63) is 70.6 Å². The lowest BCUT2D eigenvalue weighted by Crippen LogP contribution is -2.15. The van der Waals surface area contributed by atoms with Gasteiger partial charge in [0.05, 0.1) is 17.2 Å². The highest BCUT2D eigenvalue weighted by molar-refractivity contribution is 7.90. The number of fused-ring (bicyclic) bond motifs is 3. The summed E-state index contributed by atoms with van der Waals surface area (Å²) in [5.41, 5.74) is 4.15. The van der Waals surface area contributed by atoms with Crippen LogP contribution in [-0.4, -0.2) is 25.1 Å². The predicted molar refractivity (Wildman–Crippen MR) is 117 cm³/mol. The number of hydrogen-bond donors (Lipinski definition) is 1. The number of rotatable bonds is 7. The third kappa shape index (κ3) is 4.92. The SMILES string of the molecule is O=C(CCCS(=O)(=O)Cc1ccccc1)Nc1nc2c(s1)CCc1ccccc1-2. The second kappa shape index (κ2) is 8.47. The zero-order valence-corrected chi connectivity index (χ0v) is 17.6. The van der Waals surface area contributed by atoms with E-state index in [0.29, 0.717) is 11.6 Å². The molecule has 4 rings (SSSR count). The Kier molecular flexibility index (Phi) is 5.78. The second-order valence-corrected chi connectivity index (χ2v) is 10.4. The predicted octanol–water partition coefficient (Wildman–Crippen LogP) is 4.24. The van der Waals surface area contributed by atoms with Crippen LogP contribution in [0.4, 0.5) is 5.13 Å². The summed E-state index contributed by atoms with van der Waals surface area (Å²) in [4.78, 5) is 18.1. The molecule has 0 atom stereocenters. The van der Waals surface area contributed by atoms with Crippen LogP contribution in [0.15, 0.2) is 54.6 Å². The average molecular weight is 427 g/mol. The molecule has 0 bridgehead atoms. The molecule has 0 fully saturated rings. The minimum atomic E-state index is -3.23. The summed E-state index contributed by atoms with van der Waals surface area (Å²) in [6, 6.07) is 17.3. The number of nitrogens with one attached hydrogen (secondary N) is 1. The maximum absolute atomic E-state index is 12.3. The number of aromatic nitrogens is 1. The second-order valence-electron chi connectivity index (χ2n) is 7.18. The van der Waals surface area contributed by atoms with Crippen LogP contribution in [-0.2, 0) is 33.2 Å². The molecule has 1 N–H and O–H groups in total.